The van der Waals surface area contributed by atoms with Crippen molar-refractivity contribution >= 4 is 0 Å². The summed E-state index contributed by atoms with van der Waals surface area (Å²) in [7, 11) is 0. The van der Waals surface area contributed by atoms with E-state index in [9.17, 15) is 0 Å². The van der Waals surface area contributed by atoms with E-state index in [1.807, 2.05) is 0 Å². The molecule has 1 saturated carbocycles. The van der Waals surface area contributed by atoms with E-state index >= 15 is 0 Å². The quantitative estimate of drug-likeness (QED) is 0.133. The second-order valence-corrected chi connectivity index (χ2v) is 10.3. The van der Waals surface area contributed by atoms with Gasteiger partial charge in [0.25, 0.3) is 0 Å². The number of hydrogen-bond acceptors (Lipinski definition) is 0. The number of fused-ring (bicyclic) bond motifs is 1. The highest BCUT2D eigenvalue weighted by atomic mass is 15.4. The van der Waals surface area contributed by atoms with Crippen LogP contribution < -0.4 is 0 Å². The maximum atomic E-state index is 4.09. The van der Waals surface area contributed by atoms with Crippen molar-refractivity contribution in [2.24, 2.45) is 11.8 Å². The molecule has 1 heteroatoms. The fourth-order valence-electron chi connectivity index (χ4n) is 6.17. The van der Waals surface area contributed by atoms with Crippen LogP contribution in [0, 0.1) is 11.8 Å². The van der Waals surface area contributed by atoms with Crippen molar-refractivity contribution in [1.29, 1.82) is 0 Å². The molecule has 1 heterocycles. The molecule has 1 aliphatic carbocycles. The summed E-state index contributed by atoms with van der Waals surface area (Å²) in [6.07, 6.45) is 28.7. The molecule has 0 N–H and O–H groups in total. The summed E-state index contributed by atoms with van der Waals surface area (Å²) in [6, 6.07) is 0. The summed E-state index contributed by atoms with van der Waals surface area (Å²) in [4.78, 5) is 0. The van der Waals surface area contributed by atoms with E-state index in [2.05, 4.69) is 19.6 Å². The molecule has 2 aliphatic rings. The first-order valence-electron chi connectivity index (χ1n) is 13.3. The maximum absolute atomic E-state index is 4.09. The normalized spacial score (nSPS) is 23.6. The molecule has 0 bridgehead atoms. The van der Waals surface area contributed by atoms with Gasteiger partial charge >= 0.3 is 0 Å². The van der Waals surface area contributed by atoms with Gasteiger partial charge in [-0.3, -0.25) is 0 Å². The van der Waals surface area contributed by atoms with Gasteiger partial charge in [-0.1, -0.05) is 103 Å². The molecule has 2 rings (SSSR count). The van der Waals surface area contributed by atoms with Gasteiger partial charge in [0.2, 0.25) is 0 Å². The molecule has 0 aromatic carbocycles. The first-order chi connectivity index (χ1) is 13.8. The van der Waals surface area contributed by atoms with Crippen LogP contribution >= 0.6 is 0 Å². The molecule has 28 heavy (non-hydrogen) atoms. The Kier molecular flexibility index (Phi) is 12.5. The minimum Gasteiger partial charge on any atom is -0.320 e. The summed E-state index contributed by atoms with van der Waals surface area (Å²) in [5.41, 5.74) is 0. The number of rotatable bonds is 17. The molecule has 2 fully saturated rings. The third-order valence-corrected chi connectivity index (χ3v) is 7.81. The Hall–Kier alpha value is -0.300. The van der Waals surface area contributed by atoms with Gasteiger partial charge in [-0.25, -0.2) is 0 Å². The highest BCUT2D eigenvalue weighted by Crippen LogP contribution is 2.40. The van der Waals surface area contributed by atoms with Crippen LogP contribution in [0.4, 0.5) is 0 Å². The fourth-order valence-corrected chi connectivity index (χ4v) is 6.17. The molecule has 2 atom stereocenters. The molecule has 0 unspecified atom stereocenters. The molecule has 1 aliphatic heterocycles. The van der Waals surface area contributed by atoms with Crippen LogP contribution in [0.3, 0.4) is 0 Å². The first-order valence-corrected chi connectivity index (χ1v) is 13.3. The fraction of sp³-hybridized carbons (Fsp3) is 0.926. The third-order valence-electron chi connectivity index (χ3n) is 7.81. The average molecular weight is 391 g/mol. The Labute approximate surface area is 177 Å². The lowest BCUT2D eigenvalue weighted by Gasteiger charge is -2.34. The number of hydrogen-bond donors (Lipinski definition) is 0. The van der Waals surface area contributed by atoms with E-state index in [-0.39, 0.29) is 0 Å². The molecular weight excluding hydrogens is 338 g/mol. The summed E-state index contributed by atoms with van der Waals surface area (Å²) in [5, 5.41) is 0. The second kappa shape index (κ2) is 14.6. The Morgan fingerprint density at radius 2 is 1.11 bits per heavy atom. The molecule has 1 nitrogen and oxygen atoms in total. The highest BCUT2D eigenvalue weighted by molar-refractivity contribution is 4.82. The predicted molar refractivity (Wildman–Crippen MR) is 126 cm³/mol. The number of unbranched alkanes of at least 4 members (excludes halogenated alkanes) is 13. The molecule has 1 saturated heterocycles. The Morgan fingerprint density at radius 3 is 1.54 bits per heavy atom. The molecule has 0 aromatic heterocycles. The van der Waals surface area contributed by atoms with Crippen LogP contribution in [0.5, 0.6) is 0 Å². The molecule has 164 valence electrons. The molecule has 0 amide bonds. The van der Waals surface area contributed by atoms with Crippen LogP contribution in [0.2, 0.25) is 0 Å². The minimum absolute atomic E-state index is 1.04. The standard InChI is InChI=1S/C27H52N/c1-3-5-6-7-8-9-10-11-12-13-14-15-16-19-23-28(22-4-2)24-26-20-17-18-21-27(26)25-28/h4,26-27H,2-3,5-25H2,1H3/q+1/t26-,27-/m1/s1. The van der Waals surface area contributed by atoms with E-state index in [1.54, 1.807) is 0 Å². The van der Waals surface area contributed by atoms with Crippen molar-refractivity contribution in [3.8, 4) is 0 Å². The van der Waals surface area contributed by atoms with Crippen LogP contribution in [0.1, 0.15) is 122 Å². The summed E-state index contributed by atoms with van der Waals surface area (Å²) < 4.78 is 1.39. The summed E-state index contributed by atoms with van der Waals surface area (Å²) >= 11 is 0. The molecule has 0 aromatic rings. The van der Waals surface area contributed by atoms with Gasteiger partial charge in [-0.15, -0.1) is 0 Å². The van der Waals surface area contributed by atoms with Gasteiger partial charge in [-0.05, 0) is 31.8 Å². The van der Waals surface area contributed by atoms with Crippen molar-refractivity contribution in [3.05, 3.63) is 12.7 Å². The number of quaternary nitrogens is 1. The van der Waals surface area contributed by atoms with E-state index in [0.717, 1.165) is 11.8 Å². The van der Waals surface area contributed by atoms with Gasteiger partial charge in [0.15, 0.2) is 0 Å². The Bertz CT molecular complexity index is 374. The van der Waals surface area contributed by atoms with Crippen LogP contribution in [0.25, 0.3) is 0 Å². The van der Waals surface area contributed by atoms with E-state index in [0.29, 0.717) is 0 Å². The van der Waals surface area contributed by atoms with Gasteiger partial charge in [0.05, 0.1) is 26.2 Å². The monoisotopic (exact) mass is 390 g/mol. The molecule has 0 spiro atoms. The van der Waals surface area contributed by atoms with Crippen molar-refractivity contribution in [2.45, 2.75) is 122 Å². The third kappa shape index (κ3) is 9.02. The van der Waals surface area contributed by atoms with E-state index in [4.69, 9.17) is 0 Å². The zero-order valence-electron chi connectivity index (χ0n) is 19.4. The van der Waals surface area contributed by atoms with E-state index < -0.39 is 0 Å². The topological polar surface area (TPSA) is 0 Å². The summed E-state index contributed by atoms with van der Waals surface area (Å²) in [5.74, 6) is 2.08. The van der Waals surface area contributed by atoms with Crippen molar-refractivity contribution in [3.63, 3.8) is 0 Å². The largest absolute Gasteiger partial charge is 0.320 e. The predicted octanol–water partition coefficient (Wildman–Crippen LogP) is 8.29. The highest BCUT2D eigenvalue weighted by Gasteiger charge is 2.44. The van der Waals surface area contributed by atoms with Crippen molar-refractivity contribution in [2.75, 3.05) is 26.2 Å². The lowest BCUT2D eigenvalue weighted by atomic mass is 9.82. The Balaban J connectivity index is 1.43. The van der Waals surface area contributed by atoms with Gasteiger partial charge in [-0.2, -0.15) is 0 Å². The van der Waals surface area contributed by atoms with Crippen molar-refractivity contribution < 1.29 is 4.48 Å². The molecule has 0 radical (unpaired) electrons. The maximum Gasteiger partial charge on any atom is 0.0971 e. The average Bonchev–Trinajstić information content (AvgIpc) is 3.07. The zero-order valence-corrected chi connectivity index (χ0v) is 19.4. The molecular formula is C27H52N+. The lowest BCUT2D eigenvalue weighted by Crippen LogP contribution is -2.47. The van der Waals surface area contributed by atoms with Crippen LogP contribution in [0.15, 0.2) is 12.7 Å². The minimum atomic E-state index is 1.04. The summed E-state index contributed by atoms with van der Waals surface area (Å²) in [6.45, 7) is 12.0. The van der Waals surface area contributed by atoms with E-state index in [1.165, 1.54) is 146 Å². The number of nitrogens with zero attached hydrogens (tertiary/aromatic N) is 1. The van der Waals surface area contributed by atoms with Gasteiger partial charge in [0.1, 0.15) is 0 Å². The SMILES string of the molecule is C=CC[N+]1(CCCCCCCCCCCCCCCC)C[C@H]2CCCC[C@@H]2C1. The number of likely N-dealkylation sites (tertiary alicyclic amines) is 1. The van der Waals surface area contributed by atoms with Crippen molar-refractivity contribution in [1.82, 2.24) is 0 Å². The lowest BCUT2D eigenvalue weighted by molar-refractivity contribution is -0.914. The van der Waals surface area contributed by atoms with Crippen LogP contribution in [-0.4, -0.2) is 30.7 Å². The smallest absolute Gasteiger partial charge is 0.0971 e. The zero-order chi connectivity index (χ0) is 19.9. The Morgan fingerprint density at radius 1 is 0.679 bits per heavy atom. The van der Waals surface area contributed by atoms with Gasteiger partial charge < -0.3 is 4.48 Å². The van der Waals surface area contributed by atoms with Gasteiger partial charge in [0, 0.05) is 11.8 Å². The van der Waals surface area contributed by atoms with Crippen LogP contribution in [-0.2, 0) is 0 Å². The second-order valence-electron chi connectivity index (χ2n) is 10.3. The first kappa shape index (κ1) is 24.0.